The molecule has 2 heterocycles. The number of hydrogen-bond acceptors (Lipinski definition) is 4. The van der Waals surface area contributed by atoms with Crippen LogP contribution in [0, 0.1) is 0 Å². The summed E-state index contributed by atoms with van der Waals surface area (Å²) in [5, 5.41) is 18.0. The molecule has 4 heteroatoms. The van der Waals surface area contributed by atoms with E-state index in [2.05, 4.69) is 0 Å². The lowest BCUT2D eigenvalue weighted by molar-refractivity contribution is -0.276. The Kier molecular flexibility index (Phi) is 3.07. The summed E-state index contributed by atoms with van der Waals surface area (Å²) in [6.45, 7) is 0.129. The summed E-state index contributed by atoms with van der Waals surface area (Å²) in [5.41, 5.74) is 0. The van der Waals surface area contributed by atoms with E-state index in [1.54, 1.807) is 0 Å². The van der Waals surface area contributed by atoms with Gasteiger partial charge in [0.05, 0.1) is 25.4 Å². The fourth-order valence-electron chi connectivity index (χ4n) is 2.35. The van der Waals surface area contributed by atoms with Crippen LogP contribution in [0.2, 0.25) is 0 Å². The summed E-state index contributed by atoms with van der Waals surface area (Å²) in [6.07, 6.45) is 4.37. The molecule has 0 aliphatic carbocycles. The highest BCUT2D eigenvalue weighted by Crippen LogP contribution is 2.40. The number of aliphatic hydroxyl groups is 2. The second kappa shape index (κ2) is 4.14. The first-order valence-electron chi connectivity index (χ1n) is 5.35. The Hall–Kier alpha value is -0.160. The quantitative estimate of drug-likeness (QED) is 0.681. The van der Waals surface area contributed by atoms with E-state index in [4.69, 9.17) is 19.7 Å². The predicted octanol–water partition coefficient (Wildman–Crippen LogP) is 0.415. The van der Waals surface area contributed by atoms with E-state index in [0.717, 1.165) is 32.1 Å². The van der Waals surface area contributed by atoms with E-state index in [-0.39, 0.29) is 25.4 Å². The maximum atomic E-state index is 9.03. The van der Waals surface area contributed by atoms with Crippen LogP contribution in [0.4, 0.5) is 0 Å². The Morgan fingerprint density at radius 2 is 1.64 bits per heavy atom. The lowest BCUT2D eigenvalue weighted by Gasteiger charge is -2.37. The molecule has 0 saturated carbocycles. The molecule has 0 unspecified atom stereocenters. The molecule has 1 spiro atoms. The van der Waals surface area contributed by atoms with Gasteiger partial charge in [-0.05, 0) is 19.3 Å². The number of hydrogen-bond donors (Lipinski definition) is 2. The van der Waals surface area contributed by atoms with Crippen LogP contribution in [0.15, 0.2) is 0 Å². The first kappa shape index (κ1) is 10.4. The van der Waals surface area contributed by atoms with Gasteiger partial charge in [-0.2, -0.15) is 0 Å². The molecule has 2 N–H and O–H groups in total. The third-order valence-electron chi connectivity index (χ3n) is 3.10. The molecule has 2 saturated heterocycles. The van der Waals surface area contributed by atoms with Crippen LogP contribution in [0.3, 0.4) is 0 Å². The van der Waals surface area contributed by atoms with Crippen molar-refractivity contribution in [3.05, 3.63) is 0 Å². The summed E-state index contributed by atoms with van der Waals surface area (Å²) in [7, 11) is 0. The van der Waals surface area contributed by atoms with Gasteiger partial charge in [0.25, 0.3) is 0 Å². The molecular formula is C10H18O4. The summed E-state index contributed by atoms with van der Waals surface area (Å²) in [5.74, 6) is -0.501. The standard InChI is InChI=1S/C10H18O4/c11-6-8-2-1-4-10(13-8)5-3-9(7-12)14-10/h8-9,11-12H,1-7H2/t8-,9-,10+/m0/s1. The number of aliphatic hydroxyl groups excluding tert-OH is 2. The average molecular weight is 202 g/mol. The van der Waals surface area contributed by atoms with E-state index in [0.29, 0.717) is 0 Å². The van der Waals surface area contributed by atoms with Gasteiger partial charge in [0.1, 0.15) is 0 Å². The maximum Gasteiger partial charge on any atom is 0.169 e. The van der Waals surface area contributed by atoms with Crippen LogP contribution in [-0.2, 0) is 9.47 Å². The highest BCUT2D eigenvalue weighted by atomic mass is 16.7. The lowest BCUT2D eigenvalue weighted by Crippen LogP contribution is -2.42. The Morgan fingerprint density at radius 1 is 1.00 bits per heavy atom. The van der Waals surface area contributed by atoms with Crippen molar-refractivity contribution in [1.82, 2.24) is 0 Å². The minimum absolute atomic E-state index is 0.0644. The zero-order valence-corrected chi connectivity index (χ0v) is 8.32. The predicted molar refractivity (Wildman–Crippen MR) is 49.7 cm³/mol. The second-order valence-electron chi connectivity index (χ2n) is 4.19. The zero-order chi connectivity index (χ0) is 10.0. The largest absolute Gasteiger partial charge is 0.394 e. The Balaban J connectivity index is 1.95. The van der Waals surface area contributed by atoms with Crippen LogP contribution in [-0.4, -0.2) is 41.4 Å². The Bertz CT molecular complexity index is 197. The third kappa shape index (κ3) is 1.93. The highest BCUT2D eigenvalue weighted by molar-refractivity contribution is 4.85. The minimum Gasteiger partial charge on any atom is -0.394 e. The van der Waals surface area contributed by atoms with E-state index in [1.165, 1.54) is 0 Å². The zero-order valence-electron chi connectivity index (χ0n) is 8.32. The first-order chi connectivity index (χ1) is 6.78. The van der Waals surface area contributed by atoms with Crippen LogP contribution in [0.5, 0.6) is 0 Å². The molecule has 0 amide bonds. The summed E-state index contributed by atoms with van der Waals surface area (Å²) in [6, 6.07) is 0. The van der Waals surface area contributed by atoms with Crippen molar-refractivity contribution in [2.24, 2.45) is 0 Å². The van der Waals surface area contributed by atoms with Gasteiger partial charge in [0.2, 0.25) is 0 Å². The molecule has 4 nitrogen and oxygen atoms in total. The van der Waals surface area contributed by atoms with Crippen LogP contribution < -0.4 is 0 Å². The Morgan fingerprint density at radius 3 is 2.21 bits per heavy atom. The van der Waals surface area contributed by atoms with Gasteiger partial charge >= 0.3 is 0 Å². The molecule has 2 aliphatic rings. The van der Waals surface area contributed by atoms with Crippen LogP contribution in [0.25, 0.3) is 0 Å². The highest BCUT2D eigenvalue weighted by Gasteiger charge is 2.44. The van der Waals surface area contributed by atoms with Gasteiger partial charge in [0.15, 0.2) is 5.79 Å². The maximum absolute atomic E-state index is 9.03. The number of ether oxygens (including phenoxy) is 2. The topological polar surface area (TPSA) is 58.9 Å². The fourth-order valence-corrected chi connectivity index (χ4v) is 2.35. The van der Waals surface area contributed by atoms with Crippen molar-refractivity contribution < 1.29 is 19.7 Å². The van der Waals surface area contributed by atoms with Crippen molar-refractivity contribution in [2.75, 3.05) is 13.2 Å². The molecule has 0 aromatic heterocycles. The van der Waals surface area contributed by atoms with E-state index >= 15 is 0 Å². The van der Waals surface area contributed by atoms with Gasteiger partial charge in [-0.25, -0.2) is 0 Å². The Labute approximate surface area is 83.8 Å². The molecule has 0 aromatic carbocycles. The van der Waals surface area contributed by atoms with Crippen molar-refractivity contribution in [1.29, 1.82) is 0 Å². The van der Waals surface area contributed by atoms with Gasteiger partial charge in [-0.15, -0.1) is 0 Å². The molecule has 2 aliphatic heterocycles. The summed E-state index contributed by atoms with van der Waals surface area (Å²) < 4.78 is 11.4. The molecule has 82 valence electrons. The van der Waals surface area contributed by atoms with Crippen molar-refractivity contribution in [2.45, 2.75) is 50.1 Å². The molecule has 0 radical (unpaired) electrons. The van der Waals surface area contributed by atoms with Crippen LogP contribution in [0.1, 0.15) is 32.1 Å². The summed E-state index contributed by atoms with van der Waals surface area (Å²) in [4.78, 5) is 0. The van der Waals surface area contributed by atoms with Gasteiger partial charge < -0.3 is 19.7 Å². The van der Waals surface area contributed by atoms with Crippen molar-refractivity contribution in [3.63, 3.8) is 0 Å². The lowest BCUT2D eigenvalue weighted by atomic mass is 9.99. The smallest absolute Gasteiger partial charge is 0.169 e. The molecule has 0 bridgehead atoms. The molecular weight excluding hydrogens is 184 g/mol. The second-order valence-corrected chi connectivity index (χ2v) is 4.19. The molecule has 2 fully saturated rings. The third-order valence-corrected chi connectivity index (χ3v) is 3.10. The van der Waals surface area contributed by atoms with Crippen LogP contribution >= 0.6 is 0 Å². The van der Waals surface area contributed by atoms with E-state index in [9.17, 15) is 0 Å². The molecule has 2 rings (SSSR count). The normalized spacial score (nSPS) is 43.3. The molecule has 3 atom stereocenters. The minimum atomic E-state index is -0.501. The average Bonchev–Trinajstić information content (AvgIpc) is 2.61. The van der Waals surface area contributed by atoms with Crippen molar-refractivity contribution >= 4 is 0 Å². The van der Waals surface area contributed by atoms with Gasteiger partial charge in [-0.3, -0.25) is 0 Å². The van der Waals surface area contributed by atoms with E-state index in [1.807, 2.05) is 0 Å². The summed E-state index contributed by atoms with van der Waals surface area (Å²) >= 11 is 0. The number of rotatable bonds is 2. The molecule has 0 aromatic rings. The monoisotopic (exact) mass is 202 g/mol. The van der Waals surface area contributed by atoms with Crippen molar-refractivity contribution in [3.8, 4) is 0 Å². The van der Waals surface area contributed by atoms with E-state index < -0.39 is 5.79 Å². The van der Waals surface area contributed by atoms with Gasteiger partial charge in [0, 0.05) is 12.8 Å². The first-order valence-corrected chi connectivity index (χ1v) is 5.35. The molecule has 14 heavy (non-hydrogen) atoms. The SMILES string of the molecule is OC[C@@H]1CCC[C@@]2(CC[C@@H](CO)O2)O1. The van der Waals surface area contributed by atoms with Gasteiger partial charge in [-0.1, -0.05) is 0 Å². The fraction of sp³-hybridized carbons (Fsp3) is 1.00.